The summed E-state index contributed by atoms with van der Waals surface area (Å²) in [5.74, 6) is 0.504. The Morgan fingerprint density at radius 1 is 1.29 bits per heavy atom. The largest absolute Gasteiger partial charge is 0.490 e. The number of nitrogens with one attached hydrogen (secondary N) is 1. The van der Waals surface area contributed by atoms with Crippen molar-refractivity contribution in [2.24, 2.45) is 5.92 Å². The topological polar surface area (TPSA) is 90.6 Å². The predicted molar refractivity (Wildman–Crippen MR) is 83.8 cm³/mol. The van der Waals surface area contributed by atoms with Crippen molar-refractivity contribution in [2.75, 3.05) is 31.8 Å². The quantitative estimate of drug-likeness (QED) is 0.669. The summed E-state index contributed by atoms with van der Waals surface area (Å²) in [5.41, 5.74) is 6.21. The number of nitrogens with two attached hydrogens (primary N) is 1. The van der Waals surface area contributed by atoms with E-state index in [4.69, 9.17) is 15.2 Å². The summed E-state index contributed by atoms with van der Waals surface area (Å²) in [6.45, 7) is 4.26. The molecule has 1 aromatic carbocycles. The summed E-state index contributed by atoms with van der Waals surface area (Å²) in [6, 6.07) is 6.73. The van der Waals surface area contributed by atoms with Gasteiger partial charge in [0.05, 0.1) is 18.0 Å². The highest BCUT2D eigenvalue weighted by molar-refractivity contribution is 7.89. The molecular weight excluding hydrogens is 292 g/mol. The third-order valence-corrected chi connectivity index (χ3v) is 4.38. The lowest BCUT2D eigenvalue weighted by Gasteiger charge is -2.21. The van der Waals surface area contributed by atoms with Crippen LogP contribution in [-0.4, -0.2) is 40.5 Å². The second kappa shape index (κ2) is 8.21. The van der Waals surface area contributed by atoms with E-state index in [0.717, 1.165) is 0 Å². The molecule has 0 spiro atoms. The number of hydrogen-bond acceptors (Lipinski definition) is 5. The van der Waals surface area contributed by atoms with Crippen molar-refractivity contribution >= 4 is 15.7 Å². The second-order valence-electron chi connectivity index (χ2n) is 5.13. The maximum Gasteiger partial charge on any atom is 0.215 e. The molecule has 0 aliphatic heterocycles. The van der Waals surface area contributed by atoms with Crippen LogP contribution in [0.2, 0.25) is 0 Å². The van der Waals surface area contributed by atoms with Crippen LogP contribution in [0.3, 0.4) is 0 Å². The van der Waals surface area contributed by atoms with E-state index in [2.05, 4.69) is 4.72 Å². The molecule has 7 heteroatoms. The average Bonchev–Trinajstić information content (AvgIpc) is 2.40. The molecule has 0 aliphatic carbocycles. The zero-order valence-electron chi connectivity index (χ0n) is 12.7. The molecule has 0 saturated carbocycles. The number of anilines is 1. The Bertz CT molecular complexity index is 532. The number of methoxy groups -OCH3 is 1. The Kier molecular flexibility index (Phi) is 6.94. The van der Waals surface area contributed by atoms with E-state index in [9.17, 15) is 8.42 Å². The van der Waals surface area contributed by atoms with Crippen molar-refractivity contribution in [2.45, 2.75) is 19.9 Å². The van der Waals surface area contributed by atoms with Gasteiger partial charge in [0, 0.05) is 13.2 Å². The zero-order valence-corrected chi connectivity index (χ0v) is 13.5. The van der Waals surface area contributed by atoms with Gasteiger partial charge in [0.1, 0.15) is 12.4 Å². The van der Waals surface area contributed by atoms with Crippen LogP contribution in [0.4, 0.5) is 5.69 Å². The summed E-state index contributed by atoms with van der Waals surface area (Å²) in [4.78, 5) is 0. The van der Waals surface area contributed by atoms with Crippen molar-refractivity contribution < 1.29 is 17.9 Å². The summed E-state index contributed by atoms with van der Waals surface area (Å²) in [5, 5.41) is 0. The molecule has 1 rings (SSSR count). The number of sulfonamides is 1. The van der Waals surface area contributed by atoms with E-state index in [-0.39, 0.29) is 24.3 Å². The molecule has 6 nitrogen and oxygen atoms in total. The van der Waals surface area contributed by atoms with E-state index in [0.29, 0.717) is 18.0 Å². The van der Waals surface area contributed by atoms with E-state index in [1.165, 1.54) is 0 Å². The van der Waals surface area contributed by atoms with Gasteiger partial charge < -0.3 is 15.2 Å². The highest BCUT2D eigenvalue weighted by Gasteiger charge is 2.20. The summed E-state index contributed by atoms with van der Waals surface area (Å²) in [7, 11) is -1.88. The molecule has 3 N–H and O–H groups in total. The summed E-state index contributed by atoms with van der Waals surface area (Å²) >= 11 is 0. The maximum absolute atomic E-state index is 12.0. The van der Waals surface area contributed by atoms with E-state index < -0.39 is 10.0 Å². The van der Waals surface area contributed by atoms with Gasteiger partial charge in [-0.2, -0.15) is 0 Å². The maximum atomic E-state index is 12.0. The minimum atomic E-state index is -3.43. The standard InChI is InChI=1S/C14H24N2O4S/c1-11(2)13(10-19-3)16-21(17,18)9-8-20-14-7-5-4-6-12(14)15/h4-7,11,13,16H,8-10,15H2,1-3H3. The Morgan fingerprint density at radius 2 is 1.95 bits per heavy atom. The first kappa shape index (κ1) is 17.7. The molecule has 0 bridgehead atoms. The molecule has 0 radical (unpaired) electrons. The van der Waals surface area contributed by atoms with Crippen LogP contribution in [0.1, 0.15) is 13.8 Å². The summed E-state index contributed by atoms with van der Waals surface area (Å²) in [6.07, 6.45) is 0. The average molecular weight is 316 g/mol. The van der Waals surface area contributed by atoms with Gasteiger partial charge in [-0.3, -0.25) is 0 Å². The van der Waals surface area contributed by atoms with Crippen molar-refractivity contribution in [1.82, 2.24) is 4.72 Å². The molecule has 1 atom stereocenters. The number of para-hydroxylation sites is 2. The van der Waals surface area contributed by atoms with Crippen LogP contribution in [0.25, 0.3) is 0 Å². The van der Waals surface area contributed by atoms with Crippen molar-refractivity contribution in [3.63, 3.8) is 0 Å². The normalized spacial score (nSPS) is 13.3. The van der Waals surface area contributed by atoms with Gasteiger partial charge in [-0.15, -0.1) is 0 Å². The number of hydrogen-bond donors (Lipinski definition) is 2. The Labute approximate surface area is 126 Å². The van der Waals surface area contributed by atoms with Crippen LogP contribution in [0, 0.1) is 5.92 Å². The number of benzene rings is 1. The lowest BCUT2D eigenvalue weighted by Crippen LogP contribution is -2.43. The third kappa shape index (κ3) is 6.33. The van der Waals surface area contributed by atoms with Gasteiger partial charge in [0.15, 0.2) is 0 Å². The fourth-order valence-electron chi connectivity index (χ4n) is 1.70. The first-order valence-electron chi connectivity index (χ1n) is 6.82. The zero-order chi connectivity index (χ0) is 15.9. The first-order valence-corrected chi connectivity index (χ1v) is 8.47. The van der Waals surface area contributed by atoms with Gasteiger partial charge >= 0.3 is 0 Å². The molecule has 120 valence electrons. The van der Waals surface area contributed by atoms with E-state index >= 15 is 0 Å². The van der Waals surface area contributed by atoms with Gasteiger partial charge in [-0.05, 0) is 18.1 Å². The number of ether oxygens (including phenoxy) is 2. The van der Waals surface area contributed by atoms with Crippen LogP contribution in [0.15, 0.2) is 24.3 Å². The lowest BCUT2D eigenvalue weighted by molar-refractivity contribution is 0.157. The lowest BCUT2D eigenvalue weighted by atomic mass is 10.1. The molecule has 0 aromatic heterocycles. The number of nitrogen functional groups attached to an aromatic ring is 1. The molecule has 1 aromatic rings. The first-order chi connectivity index (χ1) is 9.85. The van der Waals surface area contributed by atoms with Gasteiger partial charge in [-0.1, -0.05) is 26.0 Å². The van der Waals surface area contributed by atoms with Crippen molar-refractivity contribution in [3.05, 3.63) is 24.3 Å². The van der Waals surface area contributed by atoms with Crippen LogP contribution >= 0.6 is 0 Å². The third-order valence-electron chi connectivity index (χ3n) is 3.01. The molecule has 0 heterocycles. The minimum absolute atomic E-state index is 0.0430. The van der Waals surface area contributed by atoms with Crippen LogP contribution < -0.4 is 15.2 Å². The molecule has 0 saturated heterocycles. The Morgan fingerprint density at radius 3 is 2.52 bits per heavy atom. The van der Waals surface area contributed by atoms with E-state index in [1.807, 2.05) is 13.8 Å². The predicted octanol–water partition coefficient (Wildman–Crippen LogP) is 1.24. The highest BCUT2D eigenvalue weighted by Crippen LogP contribution is 2.19. The Hall–Kier alpha value is -1.31. The van der Waals surface area contributed by atoms with Gasteiger partial charge in [0.2, 0.25) is 10.0 Å². The highest BCUT2D eigenvalue weighted by atomic mass is 32.2. The molecule has 0 amide bonds. The van der Waals surface area contributed by atoms with Crippen molar-refractivity contribution in [1.29, 1.82) is 0 Å². The smallest absolute Gasteiger partial charge is 0.215 e. The molecule has 0 fully saturated rings. The molecule has 1 unspecified atom stereocenters. The van der Waals surface area contributed by atoms with Gasteiger partial charge in [0.25, 0.3) is 0 Å². The Balaban J connectivity index is 2.51. The van der Waals surface area contributed by atoms with E-state index in [1.54, 1.807) is 31.4 Å². The fourth-order valence-corrected chi connectivity index (χ4v) is 2.93. The molecular formula is C14H24N2O4S. The minimum Gasteiger partial charge on any atom is -0.490 e. The fraction of sp³-hybridized carbons (Fsp3) is 0.571. The summed E-state index contributed by atoms with van der Waals surface area (Å²) < 4.78 is 37.1. The van der Waals surface area contributed by atoms with Crippen molar-refractivity contribution in [3.8, 4) is 5.75 Å². The second-order valence-corrected chi connectivity index (χ2v) is 7.00. The SMILES string of the molecule is COCC(NS(=O)(=O)CCOc1ccccc1N)C(C)C. The van der Waals surface area contributed by atoms with Crippen LogP contribution in [-0.2, 0) is 14.8 Å². The molecule has 21 heavy (non-hydrogen) atoms. The number of rotatable bonds is 9. The van der Waals surface area contributed by atoms with Gasteiger partial charge in [-0.25, -0.2) is 13.1 Å². The molecule has 0 aliphatic rings. The monoisotopic (exact) mass is 316 g/mol. The van der Waals surface area contributed by atoms with Crippen LogP contribution in [0.5, 0.6) is 5.75 Å².